The summed E-state index contributed by atoms with van der Waals surface area (Å²) in [4.78, 5) is 11.1. The zero-order valence-electron chi connectivity index (χ0n) is 7.93. The van der Waals surface area contributed by atoms with Gasteiger partial charge in [-0.2, -0.15) is 0 Å². The lowest BCUT2D eigenvalue weighted by molar-refractivity contribution is 0.101. The molecule has 76 valence electrons. The van der Waals surface area contributed by atoms with Crippen molar-refractivity contribution < 1.29 is 9.53 Å². The predicted molar refractivity (Wildman–Crippen MR) is 57.6 cm³/mol. The average molecular weight is 233 g/mol. The first-order chi connectivity index (χ1) is 6.57. The van der Waals surface area contributed by atoms with Gasteiger partial charge in [0.25, 0.3) is 0 Å². The molecule has 1 rings (SSSR count). The van der Waals surface area contributed by atoms with Crippen molar-refractivity contribution in [2.24, 2.45) is 0 Å². The fraction of sp³-hybridized carbons (Fsp3) is 0.300. The summed E-state index contributed by atoms with van der Waals surface area (Å²) in [5.41, 5.74) is 0.417. The molecule has 0 amide bonds. The van der Waals surface area contributed by atoms with E-state index in [2.05, 4.69) is 0 Å². The molecule has 14 heavy (non-hydrogen) atoms. The van der Waals surface area contributed by atoms with E-state index in [1.807, 2.05) is 6.92 Å². The van der Waals surface area contributed by atoms with Crippen LogP contribution in [0.4, 0.5) is 0 Å². The molecule has 2 nitrogen and oxygen atoms in total. The maximum absolute atomic E-state index is 11.1. The van der Waals surface area contributed by atoms with Crippen molar-refractivity contribution >= 4 is 29.0 Å². The van der Waals surface area contributed by atoms with Crippen LogP contribution in [0.1, 0.15) is 24.2 Å². The number of halogens is 2. The van der Waals surface area contributed by atoms with Crippen molar-refractivity contribution in [3.63, 3.8) is 0 Å². The van der Waals surface area contributed by atoms with Gasteiger partial charge in [0.15, 0.2) is 5.78 Å². The van der Waals surface area contributed by atoms with Crippen molar-refractivity contribution in [3.8, 4) is 5.75 Å². The second-order valence-electron chi connectivity index (χ2n) is 2.73. The molecule has 1 aromatic rings. The third-order valence-corrected chi connectivity index (χ3v) is 2.59. The van der Waals surface area contributed by atoms with Crippen LogP contribution in [-0.2, 0) is 0 Å². The van der Waals surface area contributed by atoms with Crippen molar-refractivity contribution in [3.05, 3.63) is 27.7 Å². The number of hydrogen-bond acceptors (Lipinski definition) is 2. The Morgan fingerprint density at radius 1 is 1.36 bits per heavy atom. The number of benzene rings is 1. The number of ether oxygens (including phenoxy) is 1. The summed E-state index contributed by atoms with van der Waals surface area (Å²) in [6.45, 7) is 3.80. The zero-order valence-corrected chi connectivity index (χ0v) is 9.45. The lowest BCUT2D eigenvalue weighted by Crippen LogP contribution is -1.97. The van der Waals surface area contributed by atoms with Gasteiger partial charge in [-0.05, 0) is 26.0 Å². The van der Waals surface area contributed by atoms with E-state index in [-0.39, 0.29) is 10.8 Å². The minimum absolute atomic E-state index is 0.111. The molecule has 4 heteroatoms. The van der Waals surface area contributed by atoms with Crippen molar-refractivity contribution in [1.82, 2.24) is 0 Å². The van der Waals surface area contributed by atoms with Gasteiger partial charge in [0.1, 0.15) is 10.8 Å². The molecular formula is C10H10Cl2O2. The molecule has 0 aromatic heterocycles. The van der Waals surface area contributed by atoms with E-state index in [0.29, 0.717) is 22.9 Å². The van der Waals surface area contributed by atoms with Crippen molar-refractivity contribution in [2.75, 3.05) is 6.61 Å². The molecule has 0 bridgehead atoms. The second kappa shape index (κ2) is 4.67. The van der Waals surface area contributed by atoms with E-state index >= 15 is 0 Å². The Hall–Kier alpha value is -0.730. The molecular weight excluding hydrogens is 223 g/mol. The van der Waals surface area contributed by atoms with E-state index in [1.54, 1.807) is 12.1 Å². The molecule has 0 aliphatic heterocycles. The van der Waals surface area contributed by atoms with Crippen LogP contribution in [0.25, 0.3) is 0 Å². The lowest BCUT2D eigenvalue weighted by atomic mass is 10.1. The van der Waals surface area contributed by atoms with Gasteiger partial charge in [-0.3, -0.25) is 4.79 Å². The summed E-state index contributed by atoms with van der Waals surface area (Å²) in [5.74, 6) is 0.393. The Morgan fingerprint density at radius 3 is 2.50 bits per heavy atom. The summed E-state index contributed by atoms with van der Waals surface area (Å²) in [5, 5.41) is 0.548. The Kier molecular flexibility index (Phi) is 3.78. The topological polar surface area (TPSA) is 26.3 Å². The zero-order chi connectivity index (χ0) is 10.7. The summed E-state index contributed by atoms with van der Waals surface area (Å²) >= 11 is 11.8. The lowest BCUT2D eigenvalue weighted by Gasteiger charge is -2.08. The molecule has 0 heterocycles. The van der Waals surface area contributed by atoms with Gasteiger partial charge < -0.3 is 4.74 Å². The SMILES string of the molecule is CCOc1ccc(C(C)=O)c(Cl)c1Cl. The molecule has 0 unspecified atom stereocenters. The van der Waals surface area contributed by atoms with Crippen LogP contribution in [0.15, 0.2) is 12.1 Å². The molecule has 1 aromatic carbocycles. The van der Waals surface area contributed by atoms with E-state index in [9.17, 15) is 4.79 Å². The fourth-order valence-electron chi connectivity index (χ4n) is 1.07. The van der Waals surface area contributed by atoms with Gasteiger partial charge in [0, 0.05) is 5.56 Å². The van der Waals surface area contributed by atoms with Crippen LogP contribution in [0.2, 0.25) is 10.0 Å². The third kappa shape index (κ3) is 2.20. The third-order valence-electron chi connectivity index (χ3n) is 1.73. The minimum atomic E-state index is -0.111. The van der Waals surface area contributed by atoms with Crippen molar-refractivity contribution in [2.45, 2.75) is 13.8 Å². The molecule has 0 N–H and O–H groups in total. The van der Waals surface area contributed by atoms with Gasteiger partial charge in [0.2, 0.25) is 0 Å². The van der Waals surface area contributed by atoms with Gasteiger partial charge in [-0.1, -0.05) is 23.2 Å². The Morgan fingerprint density at radius 2 is 2.00 bits per heavy atom. The van der Waals surface area contributed by atoms with Crippen LogP contribution >= 0.6 is 23.2 Å². The smallest absolute Gasteiger partial charge is 0.161 e. The largest absolute Gasteiger partial charge is 0.492 e. The van der Waals surface area contributed by atoms with E-state index < -0.39 is 0 Å². The summed E-state index contributed by atoms with van der Waals surface area (Å²) < 4.78 is 5.22. The fourth-order valence-corrected chi connectivity index (χ4v) is 1.58. The monoisotopic (exact) mass is 232 g/mol. The minimum Gasteiger partial charge on any atom is -0.492 e. The first kappa shape index (κ1) is 11.3. The van der Waals surface area contributed by atoms with Gasteiger partial charge in [-0.15, -0.1) is 0 Å². The first-order valence-electron chi connectivity index (χ1n) is 4.19. The maximum Gasteiger partial charge on any atom is 0.161 e. The molecule has 0 spiro atoms. The van der Waals surface area contributed by atoms with Gasteiger partial charge >= 0.3 is 0 Å². The van der Waals surface area contributed by atoms with Crippen LogP contribution in [-0.4, -0.2) is 12.4 Å². The summed E-state index contributed by atoms with van der Waals surface area (Å²) in [7, 11) is 0. The maximum atomic E-state index is 11.1. The first-order valence-corrected chi connectivity index (χ1v) is 4.95. The number of hydrogen-bond donors (Lipinski definition) is 0. The average Bonchev–Trinajstić information content (AvgIpc) is 2.13. The summed E-state index contributed by atoms with van der Waals surface area (Å²) in [6, 6.07) is 3.26. The number of Topliss-reactive ketones (excluding diaryl/α,β-unsaturated/α-hetero) is 1. The predicted octanol–water partition coefficient (Wildman–Crippen LogP) is 3.59. The van der Waals surface area contributed by atoms with Gasteiger partial charge in [0.05, 0.1) is 11.6 Å². The standard InChI is InChI=1S/C10H10Cl2O2/c1-3-14-8-5-4-7(6(2)13)9(11)10(8)12/h4-5H,3H2,1-2H3. The quantitative estimate of drug-likeness (QED) is 0.745. The van der Waals surface area contributed by atoms with E-state index in [1.165, 1.54) is 6.92 Å². The van der Waals surface area contributed by atoms with Crippen LogP contribution < -0.4 is 4.74 Å². The Labute approximate surface area is 92.8 Å². The second-order valence-corrected chi connectivity index (χ2v) is 3.48. The van der Waals surface area contributed by atoms with E-state index in [0.717, 1.165) is 0 Å². The molecule has 0 atom stereocenters. The van der Waals surface area contributed by atoms with Crippen molar-refractivity contribution in [1.29, 1.82) is 0 Å². The van der Waals surface area contributed by atoms with Crippen LogP contribution in [0.5, 0.6) is 5.75 Å². The number of ketones is 1. The molecule has 0 saturated heterocycles. The molecule has 0 fully saturated rings. The van der Waals surface area contributed by atoms with Gasteiger partial charge in [-0.25, -0.2) is 0 Å². The van der Waals surface area contributed by atoms with Crippen LogP contribution in [0, 0.1) is 0 Å². The van der Waals surface area contributed by atoms with Crippen LogP contribution in [0.3, 0.4) is 0 Å². The number of carbonyl (C=O) groups is 1. The number of carbonyl (C=O) groups excluding carboxylic acids is 1. The molecule has 0 saturated carbocycles. The molecule has 0 radical (unpaired) electrons. The Bertz CT molecular complexity index is 361. The highest BCUT2D eigenvalue weighted by molar-refractivity contribution is 6.44. The summed E-state index contributed by atoms with van der Waals surface area (Å²) in [6.07, 6.45) is 0. The molecule has 0 aliphatic carbocycles. The highest BCUT2D eigenvalue weighted by atomic mass is 35.5. The van der Waals surface area contributed by atoms with E-state index in [4.69, 9.17) is 27.9 Å². The number of rotatable bonds is 3. The normalized spacial score (nSPS) is 10.0. The highest BCUT2D eigenvalue weighted by Gasteiger charge is 2.13. The Balaban J connectivity index is 3.19. The highest BCUT2D eigenvalue weighted by Crippen LogP contribution is 2.34. The molecule has 0 aliphatic rings.